The largest absolute Gasteiger partial charge is 0.493 e. The van der Waals surface area contributed by atoms with Gasteiger partial charge in [-0.05, 0) is 61.6 Å². The topological polar surface area (TPSA) is 79.1 Å². The molecule has 2 heterocycles. The number of allylic oxidation sites excluding steroid dienone is 1. The molecule has 0 saturated carbocycles. The van der Waals surface area contributed by atoms with Crippen molar-refractivity contribution < 1.29 is 19.0 Å². The zero-order chi connectivity index (χ0) is 26.5. The van der Waals surface area contributed by atoms with E-state index in [1.54, 1.807) is 55.5 Å². The second-order valence-electron chi connectivity index (χ2n) is 8.09. The van der Waals surface area contributed by atoms with Gasteiger partial charge in [0.1, 0.15) is 6.61 Å². The molecular formula is C28H28N2O5S2. The number of nitrogens with zero attached hydrogens (tertiary/aromatic N) is 2. The smallest absolute Gasteiger partial charge is 0.338 e. The summed E-state index contributed by atoms with van der Waals surface area (Å²) in [6.07, 6.45) is 5.45. The van der Waals surface area contributed by atoms with Crippen molar-refractivity contribution in [2.75, 3.05) is 26.6 Å². The lowest BCUT2D eigenvalue weighted by Crippen LogP contribution is -2.39. The molecule has 2 aromatic carbocycles. The van der Waals surface area contributed by atoms with E-state index in [0.29, 0.717) is 38.7 Å². The number of thioether (sulfide) groups is 1. The van der Waals surface area contributed by atoms with Gasteiger partial charge in [0.15, 0.2) is 16.3 Å². The van der Waals surface area contributed by atoms with Gasteiger partial charge >= 0.3 is 5.97 Å². The van der Waals surface area contributed by atoms with Gasteiger partial charge < -0.3 is 14.2 Å². The minimum atomic E-state index is -0.641. The van der Waals surface area contributed by atoms with Crippen molar-refractivity contribution in [3.63, 3.8) is 0 Å². The van der Waals surface area contributed by atoms with Crippen LogP contribution in [0.5, 0.6) is 11.5 Å². The van der Waals surface area contributed by atoms with Crippen molar-refractivity contribution >= 4 is 35.1 Å². The van der Waals surface area contributed by atoms with Crippen LogP contribution in [0.25, 0.3) is 6.08 Å². The van der Waals surface area contributed by atoms with Gasteiger partial charge in [0.2, 0.25) is 0 Å². The Bertz CT molecular complexity index is 1530. The fourth-order valence-electron chi connectivity index (χ4n) is 4.09. The van der Waals surface area contributed by atoms with Gasteiger partial charge in [0, 0.05) is 4.90 Å². The highest BCUT2D eigenvalue weighted by Gasteiger charge is 2.33. The third kappa shape index (κ3) is 5.42. The van der Waals surface area contributed by atoms with Crippen LogP contribution >= 0.6 is 23.1 Å². The number of aromatic nitrogens is 1. The van der Waals surface area contributed by atoms with Crippen molar-refractivity contribution in [2.45, 2.75) is 24.8 Å². The van der Waals surface area contributed by atoms with E-state index in [1.807, 2.05) is 42.7 Å². The highest BCUT2D eigenvalue weighted by Crippen LogP contribution is 2.32. The minimum Gasteiger partial charge on any atom is -0.493 e. The molecule has 0 spiro atoms. The number of methoxy groups -OCH3 is 1. The number of rotatable bonds is 9. The van der Waals surface area contributed by atoms with E-state index in [1.165, 1.54) is 11.3 Å². The summed E-state index contributed by atoms with van der Waals surface area (Å²) in [4.78, 5) is 33.0. The minimum absolute atomic E-state index is 0.229. The van der Waals surface area contributed by atoms with E-state index < -0.39 is 12.0 Å². The second kappa shape index (κ2) is 11.7. The first kappa shape index (κ1) is 26.5. The van der Waals surface area contributed by atoms with Crippen LogP contribution < -0.4 is 24.4 Å². The van der Waals surface area contributed by atoms with Crippen molar-refractivity contribution in [1.82, 2.24) is 4.57 Å². The first-order valence-corrected chi connectivity index (χ1v) is 13.7. The molecule has 0 N–H and O–H groups in total. The van der Waals surface area contributed by atoms with Gasteiger partial charge in [-0.3, -0.25) is 9.36 Å². The number of benzene rings is 2. The SMILES string of the molecule is C=CCOc1ccc(/C=c2\sc3n(c2=O)[C@@H](c2ccc(SC)cc2)C(C(=O)OCC)=C(C)N=3)cc1OC. The van der Waals surface area contributed by atoms with E-state index in [2.05, 4.69) is 11.6 Å². The molecule has 1 aliphatic heterocycles. The molecule has 0 radical (unpaired) electrons. The van der Waals surface area contributed by atoms with Crippen molar-refractivity contribution in [1.29, 1.82) is 0 Å². The van der Waals surface area contributed by atoms with Crippen molar-refractivity contribution in [3.05, 3.63) is 97.2 Å². The molecule has 7 nitrogen and oxygen atoms in total. The summed E-state index contributed by atoms with van der Waals surface area (Å²) in [5, 5.41) is 0. The average Bonchev–Trinajstić information content (AvgIpc) is 3.21. The number of thiazole rings is 1. The van der Waals surface area contributed by atoms with E-state index in [4.69, 9.17) is 14.2 Å². The highest BCUT2D eigenvalue weighted by atomic mass is 32.2. The predicted octanol–water partition coefficient (Wildman–Crippen LogP) is 4.09. The van der Waals surface area contributed by atoms with Crippen LogP contribution in [-0.4, -0.2) is 37.1 Å². The van der Waals surface area contributed by atoms with Crippen LogP contribution in [0.2, 0.25) is 0 Å². The second-order valence-corrected chi connectivity index (χ2v) is 9.97. The molecule has 192 valence electrons. The fourth-order valence-corrected chi connectivity index (χ4v) is 5.54. The first-order valence-electron chi connectivity index (χ1n) is 11.7. The Balaban J connectivity index is 1.87. The molecule has 9 heteroatoms. The lowest BCUT2D eigenvalue weighted by molar-refractivity contribution is -0.139. The maximum Gasteiger partial charge on any atom is 0.338 e. The Labute approximate surface area is 223 Å². The number of hydrogen-bond acceptors (Lipinski definition) is 8. The molecule has 0 bridgehead atoms. The standard InChI is InChI=1S/C28H28N2O5S2/c1-6-14-35-21-13-8-18(15-22(21)33-4)16-23-26(31)30-25(19-9-11-20(36-5)12-10-19)24(27(32)34-7-2)17(3)29-28(30)37-23/h6,8-13,15-16,25H,1,7,14H2,2-5H3/b23-16-/t25-/m0/s1. The number of carbonyl (C=O) groups is 1. The van der Waals surface area contributed by atoms with Crippen molar-refractivity contribution in [3.8, 4) is 11.5 Å². The summed E-state index contributed by atoms with van der Waals surface area (Å²) in [6, 6.07) is 12.7. The monoisotopic (exact) mass is 536 g/mol. The molecule has 0 saturated heterocycles. The normalized spacial score (nSPS) is 15.1. The van der Waals surface area contributed by atoms with Crippen LogP contribution in [0.1, 0.15) is 31.0 Å². The maximum absolute atomic E-state index is 13.8. The molecule has 3 aromatic rings. The molecule has 1 aliphatic rings. The van der Waals surface area contributed by atoms with E-state index >= 15 is 0 Å². The summed E-state index contributed by atoms with van der Waals surface area (Å²) in [7, 11) is 1.57. The molecule has 0 aliphatic carbocycles. The molecule has 37 heavy (non-hydrogen) atoms. The maximum atomic E-state index is 13.8. The van der Waals surface area contributed by atoms with Crippen LogP contribution in [-0.2, 0) is 9.53 Å². The summed E-state index contributed by atoms with van der Waals surface area (Å²) < 4.78 is 18.5. The number of esters is 1. The van der Waals surface area contributed by atoms with Gasteiger partial charge in [0.25, 0.3) is 5.56 Å². The predicted molar refractivity (Wildman–Crippen MR) is 147 cm³/mol. The Morgan fingerprint density at radius 3 is 2.62 bits per heavy atom. The van der Waals surface area contributed by atoms with E-state index in [-0.39, 0.29) is 12.2 Å². The summed E-state index contributed by atoms with van der Waals surface area (Å²) >= 11 is 2.90. The Kier molecular flexibility index (Phi) is 8.35. The molecule has 0 unspecified atom stereocenters. The lowest BCUT2D eigenvalue weighted by atomic mass is 9.96. The fraction of sp³-hybridized carbons (Fsp3) is 0.250. The molecule has 1 aromatic heterocycles. The molecule has 0 amide bonds. The zero-order valence-corrected chi connectivity index (χ0v) is 22.8. The Morgan fingerprint density at radius 1 is 1.22 bits per heavy atom. The van der Waals surface area contributed by atoms with E-state index in [0.717, 1.165) is 16.0 Å². The molecule has 0 fully saturated rings. The summed E-state index contributed by atoms with van der Waals surface area (Å²) in [6.45, 7) is 7.78. The van der Waals surface area contributed by atoms with Gasteiger partial charge in [-0.2, -0.15) is 0 Å². The lowest BCUT2D eigenvalue weighted by Gasteiger charge is -2.24. The number of carbonyl (C=O) groups excluding carboxylic acids is 1. The van der Waals surface area contributed by atoms with Gasteiger partial charge in [0.05, 0.1) is 35.6 Å². The van der Waals surface area contributed by atoms with Crippen LogP contribution in [0.3, 0.4) is 0 Å². The zero-order valence-electron chi connectivity index (χ0n) is 21.1. The Morgan fingerprint density at radius 2 is 1.97 bits per heavy atom. The summed E-state index contributed by atoms with van der Waals surface area (Å²) in [5.41, 5.74) is 2.25. The Hall–Kier alpha value is -3.56. The third-order valence-corrected chi connectivity index (χ3v) is 7.52. The first-order chi connectivity index (χ1) is 17.9. The van der Waals surface area contributed by atoms with Crippen LogP contribution in [0.4, 0.5) is 0 Å². The van der Waals surface area contributed by atoms with Gasteiger partial charge in [-0.1, -0.05) is 42.2 Å². The van der Waals surface area contributed by atoms with Gasteiger partial charge in [-0.25, -0.2) is 9.79 Å². The number of fused-ring (bicyclic) bond motifs is 1. The third-order valence-electron chi connectivity index (χ3n) is 5.79. The highest BCUT2D eigenvalue weighted by molar-refractivity contribution is 7.98. The summed E-state index contributed by atoms with van der Waals surface area (Å²) in [5.74, 6) is 0.664. The number of ether oxygens (including phenoxy) is 3. The molecular weight excluding hydrogens is 508 g/mol. The van der Waals surface area contributed by atoms with Gasteiger partial charge in [-0.15, -0.1) is 11.8 Å². The average molecular weight is 537 g/mol. The van der Waals surface area contributed by atoms with E-state index in [9.17, 15) is 9.59 Å². The van der Waals surface area contributed by atoms with Crippen LogP contribution in [0, 0.1) is 0 Å². The molecule has 4 rings (SSSR count). The van der Waals surface area contributed by atoms with Crippen molar-refractivity contribution in [2.24, 2.45) is 4.99 Å². The molecule has 1 atom stereocenters. The number of hydrogen-bond donors (Lipinski definition) is 0. The van der Waals surface area contributed by atoms with Crippen LogP contribution in [0.15, 0.2) is 81.1 Å². The quantitative estimate of drug-likeness (QED) is 0.233.